The Morgan fingerprint density at radius 1 is 1.28 bits per heavy atom. The van der Waals surface area contributed by atoms with Gasteiger partial charge in [0.1, 0.15) is 17.2 Å². The summed E-state index contributed by atoms with van der Waals surface area (Å²) in [5, 5.41) is 16.3. The van der Waals surface area contributed by atoms with Gasteiger partial charge >= 0.3 is 0 Å². The average Bonchev–Trinajstić information content (AvgIpc) is 2.94. The van der Waals surface area contributed by atoms with Crippen molar-refractivity contribution in [1.82, 2.24) is 20.2 Å². The van der Waals surface area contributed by atoms with Crippen molar-refractivity contribution >= 4 is 51.7 Å². The number of aliphatic hydroxyl groups is 1. The number of piperazine rings is 1. The predicted octanol–water partition coefficient (Wildman–Crippen LogP) is 3.83. The Kier molecular flexibility index (Phi) is 10.4. The monoisotopic (exact) mass is 562 g/mol. The molecule has 0 spiro atoms. The number of anilines is 2. The second kappa shape index (κ2) is 13.5. The second-order valence-electron chi connectivity index (χ2n) is 8.87. The fourth-order valence-corrected chi connectivity index (χ4v) is 4.61. The number of fused-ring (bicyclic) bond motifs is 1. The predicted molar refractivity (Wildman–Crippen MR) is 150 cm³/mol. The molecular formula is C27H33ClF2N6O3. The molecule has 1 aliphatic heterocycles. The van der Waals surface area contributed by atoms with E-state index in [9.17, 15) is 14.7 Å². The van der Waals surface area contributed by atoms with E-state index in [4.69, 9.17) is 11.6 Å². The Bertz CT molecular complexity index is 1310. The molecule has 9 nitrogen and oxygen atoms in total. The zero-order chi connectivity index (χ0) is 28.7. The van der Waals surface area contributed by atoms with Gasteiger partial charge in [0, 0.05) is 62.7 Å². The van der Waals surface area contributed by atoms with Crippen LogP contribution in [0, 0.1) is 5.82 Å². The number of hydrogen-bond acceptors (Lipinski definition) is 7. The third-order valence-electron chi connectivity index (χ3n) is 6.40. The highest BCUT2D eigenvalue weighted by Crippen LogP contribution is 2.39. The minimum absolute atomic E-state index is 0.0636. The third-order valence-corrected chi connectivity index (χ3v) is 6.70. The van der Waals surface area contributed by atoms with Gasteiger partial charge in [-0.25, -0.2) is 13.8 Å². The smallest absolute Gasteiger partial charge is 0.246 e. The van der Waals surface area contributed by atoms with Crippen molar-refractivity contribution in [2.24, 2.45) is 0 Å². The fourth-order valence-electron chi connectivity index (χ4n) is 4.31. The van der Waals surface area contributed by atoms with E-state index in [1.807, 2.05) is 4.90 Å². The molecule has 1 saturated heterocycles. The molecule has 3 rings (SSSR count). The molecule has 0 radical (unpaired) electrons. The molecule has 210 valence electrons. The zero-order valence-electron chi connectivity index (χ0n) is 22.2. The number of hydrogen-bond donors (Lipinski definition) is 3. The number of amides is 2. The Labute approximate surface area is 231 Å². The summed E-state index contributed by atoms with van der Waals surface area (Å²) in [6.45, 7) is 8.56. The minimum Gasteiger partial charge on any atom is -0.388 e. The van der Waals surface area contributed by atoms with Gasteiger partial charge in [0.05, 0.1) is 11.1 Å². The van der Waals surface area contributed by atoms with E-state index in [-0.39, 0.29) is 58.8 Å². The summed E-state index contributed by atoms with van der Waals surface area (Å²) in [5.41, 5.74) is -0.678. The molecule has 1 atom stereocenters. The lowest BCUT2D eigenvalue weighted by Crippen LogP contribution is -2.48. The van der Waals surface area contributed by atoms with E-state index in [0.29, 0.717) is 37.4 Å². The highest BCUT2D eigenvalue weighted by molar-refractivity contribution is 6.33. The van der Waals surface area contributed by atoms with E-state index in [1.54, 1.807) is 18.7 Å². The van der Waals surface area contributed by atoms with Gasteiger partial charge in [-0.3, -0.25) is 9.59 Å². The maximum absolute atomic E-state index is 16.2. The first kappa shape index (κ1) is 30.0. The van der Waals surface area contributed by atoms with Crippen LogP contribution in [-0.4, -0.2) is 77.7 Å². The molecule has 2 heterocycles. The number of nitrogens with zero attached hydrogens (tertiary/aromatic N) is 4. The molecular weight excluding hydrogens is 530 g/mol. The lowest BCUT2D eigenvalue weighted by molar-refractivity contribution is -0.126. The number of benzene rings is 1. The standard InChI is InChI=1S/C27H33ClF2N6O3/c1-5-8-18(29)23(19(37)6-2)22-17(28)15-16-25(24(22)30)33-27(32-10-9-20(38)31-4)34-26(16)36-13-11-35(12-14-36)21(39)7-3/h5,7-8,15,19,37H,3,6,9-14H2,1-2,4H3,(H,31,38)(H,32,33,34)/b8-5-,23-18-. The van der Waals surface area contributed by atoms with Crippen molar-refractivity contribution in [2.75, 3.05) is 50.0 Å². The van der Waals surface area contributed by atoms with E-state index in [1.165, 1.54) is 25.3 Å². The number of nitrogens with one attached hydrogen (secondary N) is 2. The average molecular weight is 563 g/mol. The molecule has 39 heavy (non-hydrogen) atoms. The summed E-state index contributed by atoms with van der Waals surface area (Å²) < 4.78 is 31.3. The van der Waals surface area contributed by atoms with Crippen molar-refractivity contribution in [3.63, 3.8) is 0 Å². The lowest BCUT2D eigenvalue weighted by atomic mass is 9.95. The Hall–Kier alpha value is -3.57. The quantitative estimate of drug-likeness (QED) is 0.298. The molecule has 0 saturated carbocycles. The van der Waals surface area contributed by atoms with Gasteiger partial charge in [-0.05, 0) is 31.6 Å². The maximum atomic E-state index is 16.2. The van der Waals surface area contributed by atoms with Crippen molar-refractivity contribution in [1.29, 1.82) is 0 Å². The highest BCUT2D eigenvalue weighted by Gasteiger charge is 2.28. The summed E-state index contributed by atoms with van der Waals surface area (Å²) in [7, 11) is 1.52. The van der Waals surface area contributed by atoms with Crippen LogP contribution in [0.25, 0.3) is 16.5 Å². The van der Waals surface area contributed by atoms with Crippen LogP contribution >= 0.6 is 11.6 Å². The van der Waals surface area contributed by atoms with Crippen LogP contribution in [0.1, 0.15) is 32.3 Å². The van der Waals surface area contributed by atoms with Gasteiger partial charge in [0.15, 0.2) is 5.82 Å². The highest BCUT2D eigenvalue weighted by atomic mass is 35.5. The van der Waals surface area contributed by atoms with E-state index in [0.717, 1.165) is 6.08 Å². The summed E-state index contributed by atoms with van der Waals surface area (Å²) >= 11 is 6.54. The zero-order valence-corrected chi connectivity index (χ0v) is 23.0. The van der Waals surface area contributed by atoms with Gasteiger partial charge < -0.3 is 25.5 Å². The number of aromatic nitrogens is 2. The topological polar surface area (TPSA) is 111 Å². The first-order chi connectivity index (χ1) is 18.7. The van der Waals surface area contributed by atoms with Crippen molar-refractivity contribution < 1.29 is 23.5 Å². The van der Waals surface area contributed by atoms with Crippen molar-refractivity contribution in [3.05, 3.63) is 53.1 Å². The summed E-state index contributed by atoms with van der Waals surface area (Å²) in [6.07, 6.45) is 2.78. The van der Waals surface area contributed by atoms with Gasteiger partial charge in [0.25, 0.3) is 0 Å². The fraction of sp³-hybridized carbons (Fsp3) is 0.407. The van der Waals surface area contributed by atoms with Crippen LogP contribution in [0.5, 0.6) is 0 Å². The molecule has 12 heteroatoms. The number of halogens is 3. The van der Waals surface area contributed by atoms with Gasteiger partial charge in [-0.15, -0.1) is 0 Å². The van der Waals surface area contributed by atoms with E-state index < -0.39 is 17.7 Å². The van der Waals surface area contributed by atoms with E-state index in [2.05, 4.69) is 27.2 Å². The largest absolute Gasteiger partial charge is 0.388 e. The lowest BCUT2D eigenvalue weighted by Gasteiger charge is -2.35. The van der Waals surface area contributed by atoms with Gasteiger partial charge in [-0.1, -0.05) is 31.2 Å². The Balaban J connectivity index is 2.18. The Morgan fingerprint density at radius 2 is 1.97 bits per heavy atom. The summed E-state index contributed by atoms with van der Waals surface area (Å²) in [5.74, 6) is -1.67. The number of carbonyl (C=O) groups excluding carboxylic acids is 2. The van der Waals surface area contributed by atoms with Crippen LogP contribution in [-0.2, 0) is 9.59 Å². The number of aliphatic hydroxyl groups excluding tert-OH is 1. The van der Waals surface area contributed by atoms with Crippen LogP contribution in [0.2, 0.25) is 5.02 Å². The molecule has 2 aromatic rings. The number of allylic oxidation sites excluding steroid dienone is 3. The number of rotatable bonds is 10. The number of carbonyl (C=O) groups is 2. The third kappa shape index (κ3) is 6.72. The van der Waals surface area contributed by atoms with E-state index >= 15 is 8.78 Å². The first-order valence-electron chi connectivity index (χ1n) is 12.7. The molecule has 3 N–H and O–H groups in total. The normalized spacial score (nSPS) is 15.4. The molecule has 0 aliphatic carbocycles. The molecule has 1 unspecified atom stereocenters. The summed E-state index contributed by atoms with van der Waals surface area (Å²) in [6, 6.07) is 1.46. The molecule has 1 aromatic carbocycles. The van der Waals surface area contributed by atoms with Crippen LogP contribution in [0.3, 0.4) is 0 Å². The van der Waals surface area contributed by atoms with Crippen LogP contribution < -0.4 is 15.5 Å². The van der Waals surface area contributed by atoms with Gasteiger partial charge in [-0.2, -0.15) is 4.98 Å². The molecule has 1 aromatic heterocycles. The SMILES string of the molecule is C=CC(=O)N1CCN(c2nc(NCCC(=O)NC)nc3c(F)c(/C(=C(F)/C=C\C)C(O)CC)c(Cl)cc23)CC1. The Morgan fingerprint density at radius 3 is 2.56 bits per heavy atom. The first-order valence-corrected chi connectivity index (χ1v) is 13.1. The molecule has 1 aliphatic rings. The molecule has 0 bridgehead atoms. The van der Waals surface area contributed by atoms with Crippen molar-refractivity contribution in [3.8, 4) is 0 Å². The molecule has 1 fully saturated rings. The minimum atomic E-state index is -1.31. The van der Waals surface area contributed by atoms with Crippen LogP contribution in [0.15, 0.2) is 36.7 Å². The second-order valence-corrected chi connectivity index (χ2v) is 9.27. The summed E-state index contributed by atoms with van der Waals surface area (Å²) in [4.78, 5) is 36.2. The maximum Gasteiger partial charge on any atom is 0.246 e. The van der Waals surface area contributed by atoms with Crippen molar-refractivity contribution in [2.45, 2.75) is 32.8 Å². The van der Waals surface area contributed by atoms with Crippen LogP contribution in [0.4, 0.5) is 20.5 Å². The van der Waals surface area contributed by atoms with Gasteiger partial charge in [0.2, 0.25) is 17.8 Å². The molecule has 2 amide bonds.